The van der Waals surface area contributed by atoms with Gasteiger partial charge in [-0.2, -0.15) is 4.31 Å². The van der Waals surface area contributed by atoms with E-state index in [1.807, 2.05) is 18.7 Å². The fourth-order valence-electron chi connectivity index (χ4n) is 2.94. The van der Waals surface area contributed by atoms with E-state index in [9.17, 15) is 18.0 Å². The summed E-state index contributed by atoms with van der Waals surface area (Å²) >= 11 is 0. The summed E-state index contributed by atoms with van der Waals surface area (Å²) in [6.07, 6.45) is 0.835. The largest absolute Gasteiger partial charge is 0.354 e. The Morgan fingerprint density at radius 2 is 1.71 bits per heavy atom. The van der Waals surface area contributed by atoms with Gasteiger partial charge in [0.1, 0.15) is 6.04 Å². The number of sulfonamides is 1. The van der Waals surface area contributed by atoms with Crippen LogP contribution in [0.5, 0.6) is 0 Å². The summed E-state index contributed by atoms with van der Waals surface area (Å²) in [5, 5.41) is 5.43. The zero-order valence-corrected chi connectivity index (χ0v) is 17.6. The van der Waals surface area contributed by atoms with E-state index in [-0.39, 0.29) is 23.3 Å². The second-order valence-corrected chi connectivity index (χ2v) is 9.01. The number of rotatable bonds is 8. The van der Waals surface area contributed by atoms with Crippen LogP contribution in [-0.2, 0) is 19.6 Å². The Hall–Kier alpha value is -1.97. The predicted octanol–water partition coefficient (Wildman–Crippen LogP) is 0.332. The van der Waals surface area contributed by atoms with Gasteiger partial charge in [-0.15, -0.1) is 0 Å². The number of hydrogen-bond donors (Lipinski definition) is 2. The van der Waals surface area contributed by atoms with Crippen molar-refractivity contribution in [1.82, 2.24) is 19.8 Å². The first-order valence-electron chi connectivity index (χ1n) is 9.60. The second kappa shape index (κ2) is 9.99. The number of nitrogens with zero attached hydrogens (tertiary/aromatic N) is 2. The van der Waals surface area contributed by atoms with Gasteiger partial charge in [0.2, 0.25) is 21.8 Å². The number of hydrogen-bond acceptors (Lipinski definition) is 5. The van der Waals surface area contributed by atoms with E-state index in [1.54, 1.807) is 31.2 Å². The maximum Gasteiger partial charge on any atom is 0.243 e. The van der Waals surface area contributed by atoms with E-state index in [1.165, 1.54) is 4.31 Å². The van der Waals surface area contributed by atoms with Crippen LogP contribution in [0, 0.1) is 6.92 Å². The molecule has 28 heavy (non-hydrogen) atoms. The van der Waals surface area contributed by atoms with Gasteiger partial charge in [-0.25, -0.2) is 8.42 Å². The van der Waals surface area contributed by atoms with E-state index in [2.05, 4.69) is 10.6 Å². The van der Waals surface area contributed by atoms with Crippen molar-refractivity contribution < 1.29 is 18.0 Å². The second-order valence-electron chi connectivity index (χ2n) is 7.07. The van der Waals surface area contributed by atoms with Crippen LogP contribution in [0.15, 0.2) is 29.2 Å². The minimum absolute atomic E-state index is 0.143. The molecule has 1 aliphatic heterocycles. The Morgan fingerprint density at radius 3 is 2.29 bits per heavy atom. The van der Waals surface area contributed by atoms with Gasteiger partial charge in [-0.3, -0.25) is 14.5 Å². The molecule has 1 aliphatic rings. The lowest BCUT2D eigenvalue weighted by atomic mass is 10.2. The molecule has 2 rings (SSSR count). The van der Waals surface area contributed by atoms with E-state index in [0.717, 1.165) is 12.0 Å². The molecule has 0 aromatic heterocycles. The summed E-state index contributed by atoms with van der Waals surface area (Å²) in [5.74, 6) is -0.446. The maximum atomic E-state index is 12.7. The van der Waals surface area contributed by atoms with Gasteiger partial charge >= 0.3 is 0 Å². The minimum Gasteiger partial charge on any atom is -0.354 e. The minimum atomic E-state index is -3.52. The van der Waals surface area contributed by atoms with Crippen LogP contribution in [0.2, 0.25) is 0 Å². The molecule has 0 spiro atoms. The van der Waals surface area contributed by atoms with E-state index in [0.29, 0.717) is 32.7 Å². The quantitative estimate of drug-likeness (QED) is 0.644. The zero-order chi connectivity index (χ0) is 20.7. The van der Waals surface area contributed by atoms with Crippen LogP contribution in [0.3, 0.4) is 0 Å². The van der Waals surface area contributed by atoms with Crippen molar-refractivity contribution in [2.75, 3.05) is 39.3 Å². The van der Waals surface area contributed by atoms with Crippen molar-refractivity contribution in [3.63, 3.8) is 0 Å². The van der Waals surface area contributed by atoms with Crippen LogP contribution >= 0.6 is 0 Å². The Balaban J connectivity index is 1.82. The highest BCUT2D eigenvalue weighted by Gasteiger charge is 2.29. The van der Waals surface area contributed by atoms with Crippen LogP contribution in [-0.4, -0.2) is 74.7 Å². The Labute approximate surface area is 167 Å². The summed E-state index contributed by atoms with van der Waals surface area (Å²) in [5.41, 5.74) is 1.01. The molecule has 2 amide bonds. The van der Waals surface area contributed by atoms with E-state index >= 15 is 0 Å². The number of aryl methyl sites for hydroxylation is 1. The van der Waals surface area contributed by atoms with Crippen molar-refractivity contribution in [1.29, 1.82) is 0 Å². The fraction of sp³-hybridized carbons (Fsp3) is 0.579. The number of nitrogens with one attached hydrogen (secondary N) is 2. The summed E-state index contributed by atoms with van der Waals surface area (Å²) in [6, 6.07) is 6.21. The van der Waals surface area contributed by atoms with Gasteiger partial charge < -0.3 is 10.6 Å². The highest BCUT2D eigenvalue weighted by molar-refractivity contribution is 7.89. The molecule has 1 aromatic rings. The molecular formula is C19H30N4O4S. The Kier molecular flexibility index (Phi) is 7.97. The first-order chi connectivity index (χ1) is 13.2. The molecule has 9 heteroatoms. The summed E-state index contributed by atoms with van der Waals surface area (Å²) < 4.78 is 26.9. The van der Waals surface area contributed by atoms with Gasteiger partial charge in [0.05, 0.1) is 11.4 Å². The van der Waals surface area contributed by atoms with Crippen LogP contribution in [0.25, 0.3) is 0 Å². The number of piperazine rings is 1. The molecule has 0 unspecified atom stereocenters. The van der Waals surface area contributed by atoms with Crippen LogP contribution < -0.4 is 10.6 Å². The summed E-state index contributed by atoms with van der Waals surface area (Å²) in [4.78, 5) is 26.2. The summed E-state index contributed by atoms with van der Waals surface area (Å²) in [6.45, 7) is 7.84. The molecule has 1 aromatic carbocycles. The number of carbonyl (C=O) groups excluding carboxylic acids is 2. The maximum absolute atomic E-state index is 12.7. The van der Waals surface area contributed by atoms with Crippen molar-refractivity contribution in [2.24, 2.45) is 0 Å². The fourth-order valence-corrected chi connectivity index (χ4v) is 4.37. The molecule has 1 heterocycles. The molecule has 0 aliphatic carbocycles. The van der Waals surface area contributed by atoms with Crippen molar-refractivity contribution in [3.8, 4) is 0 Å². The smallest absolute Gasteiger partial charge is 0.243 e. The molecule has 2 N–H and O–H groups in total. The molecule has 1 saturated heterocycles. The molecule has 8 nitrogen and oxygen atoms in total. The lowest BCUT2D eigenvalue weighted by Gasteiger charge is -2.33. The van der Waals surface area contributed by atoms with Gasteiger partial charge in [0.25, 0.3) is 0 Å². The Morgan fingerprint density at radius 1 is 1.11 bits per heavy atom. The molecule has 0 saturated carbocycles. The lowest BCUT2D eigenvalue weighted by molar-refractivity contribution is -0.129. The highest BCUT2D eigenvalue weighted by Crippen LogP contribution is 2.18. The van der Waals surface area contributed by atoms with Gasteiger partial charge in [-0.1, -0.05) is 24.6 Å². The van der Waals surface area contributed by atoms with Gasteiger partial charge in [0, 0.05) is 32.7 Å². The van der Waals surface area contributed by atoms with E-state index in [4.69, 9.17) is 0 Å². The third-order valence-electron chi connectivity index (χ3n) is 4.68. The van der Waals surface area contributed by atoms with Crippen molar-refractivity contribution in [2.45, 2.75) is 38.1 Å². The van der Waals surface area contributed by atoms with Gasteiger partial charge in [0.15, 0.2) is 0 Å². The Bertz CT molecular complexity index is 772. The molecule has 156 valence electrons. The van der Waals surface area contributed by atoms with Crippen LogP contribution in [0.1, 0.15) is 25.8 Å². The zero-order valence-electron chi connectivity index (χ0n) is 16.8. The van der Waals surface area contributed by atoms with Crippen molar-refractivity contribution >= 4 is 21.8 Å². The van der Waals surface area contributed by atoms with Gasteiger partial charge in [-0.05, 0) is 32.4 Å². The van der Waals surface area contributed by atoms with E-state index < -0.39 is 16.1 Å². The average Bonchev–Trinajstić information content (AvgIpc) is 2.66. The predicted molar refractivity (Wildman–Crippen MR) is 107 cm³/mol. The average molecular weight is 411 g/mol. The standard InChI is InChI=1S/C19H30N4O4S/c1-4-9-20-19(25)16(3)21-18(24)14-22-10-12-23(13-11-22)28(26,27)17-7-5-15(2)6-8-17/h5-8,16H,4,9-14H2,1-3H3,(H,20,25)(H,21,24)/t16-/m0/s1. The number of carbonyl (C=O) groups is 2. The summed E-state index contributed by atoms with van der Waals surface area (Å²) in [7, 11) is -3.52. The number of benzene rings is 1. The first kappa shape index (κ1) is 22.3. The SMILES string of the molecule is CCCNC(=O)[C@H](C)NC(=O)CN1CCN(S(=O)(=O)c2ccc(C)cc2)CC1. The monoisotopic (exact) mass is 410 g/mol. The first-order valence-corrected chi connectivity index (χ1v) is 11.0. The number of amides is 2. The molecule has 0 bridgehead atoms. The normalized spacial score (nSPS) is 17.1. The lowest BCUT2D eigenvalue weighted by Crippen LogP contribution is -2.53. The third-order valence-corrected chi connectivity index (χ3v) is 6.59. The third kappa shape index (κ3) is 6.02. The molecular weight excluding hydrogens is 380 g/mol. The highest BCUT2D eigenvalue weighted by atomic mass is 32.2. The topological polar surface area (TPSA) is 98.8 Å². The molecule has 1 fully saturated rings. The molecule has 0 radical (unpaired) electrons. The molecule has 1 atom stereocenters. The van der Waals surface area contributed by atoms with Crippen molar-refractivity contribution in [3.05, 3.63) is 29.8 Å². The van der Waals surface area contributed by atoms with Crippen LogP contribution in [0.4, 0.5) is 0 Å².